The van der Waals surface area contributed by atoms with Gasteiger partial charge in [0.05, 0.1) is 18.8 Å². The van der Waals surface area contributed by atoms with Crippen LogP contribution in [0.25, 0.3) is 11.1 Å². The Labute approximate surface area is 331 Å². The Hall–Kier alpha value is -5.91. The summed E-state index contributed by atoms with van der Waals surface area (Å²) in [7, 11) is 0. The van der Waals surface area contributed by atoms with Crippen molar-refractivity contribution >= 4 is 35.1 Å². The van der Waals surface area contributed by atoms with E-state index in [1.54, 1.807) is 23.9 Å². The summed E-state index contributed by atoms with van der Waals surface area (Å²) in [5, 5.41) is 18.2. The normalized spacial score (nSPS) is 16.4. The molecule has 0 unspecified atom stereocenters. The number of ether oxygens (including phenoxy) is 3. The predicted molar refractivity (Wildman–Crippen MR) is 221 cm³/mol. The smallest absolute Gasteiger partial charge is 0.319 e. The first-order valence-electron chi connectivity index (χ1n) is 18.4. The van der Waals surface area contributed by atoms with Crippen molar-refractivity contribution in [1.82, 2.24) is 5.32 Å². The maximum Gasteiger partial charge on any atom is 0.319 e. The average molecular weight is 766 g/mol. The number of hydrogen-bond donors (Lipinski definition) is 4. The number of aliphatic hydroxyl groups is 1. The second kappa shape index (κ2) is 18.6. The van der Waals surface area contributed by atoms with Gasteiger partial charge in [-0.1, -0.05) is 84.9 Å². The maximum atomic E-state index is 12.7. The van der Waals surface area contributed by atoms with Gasteiger partial charge >= 0.3 is 6.03 Å². The number of rotatable bonds is 13. The van der Waals surface area contributed by atoms with E-state index >= 15 is 0 Å². The van der Waals surface area contributed by atoms with E-state index in [0.29, 0.717) is 24.4 Å². The molecule has 10 heteroatoms. The molecule has 56 heavy (non-hydrogen) atoms. The molecule has 1 aliphatic rings. The van der Waals surface area contributed by atoms with Crippen molar-refractivity contribution in [1.29, 1.82) is 0 Å². The second-order valence-corrected chi connectivity index (χ2v) is 14.5. The van der Waals surface area contributed by atoms with Crippen LogP contribution in [0.2, 0.25) is 0 Å². The average Bonchev–Trinajstić information content (AvgIpc) is 3.24. The molecular weight excluding hydrogens is 723 g/mol. The molecule has 284 valence electrons. The summed E-state index contributed by atoms with van der Waals surface area (Å²) in [5.74, 6) is 2.05. The lowest BCUT2D eigenvalue weighted by Gasteiger charge is -2.36. The first-order valence-corrected chi connectivity index (χ1v) is 19.4. The molecule has 0 saturated carbocycles. The Kier molecular flexibility index (Phi) is 12.8. The summed E-state index contributed by atoms with van der Waals surface area (Å²) in [4.78, 5) is 25.2. The second-order valence-electron chi connectivity index (χ2n) is 13.4. The zero-order valence-electron chi connectivity index (χ0n) is 30.9. The number of nitrogens with one attached hydrogen (secondary N) is 3. The number of thioether (sulfide) groups is 1. The van der Waals surface area contributed by atoms with Crippen molar-refractivity contribution in [3.05, 3.63) is 174 Å². The van der Waals surface area contributed by atoms with Gasteiger partial charge in [0.2, 0.25) is 5.91 Å². The highest BCUT2D eigenvalue weighted by Crippen LogP contribution is 2.40. The topological polar surface area (TPSA) is 118 Å². The minimum Gasteiger partial charge on any atom is -0.457 e. The number of benzene rings is 6. The van der Waals surface area contributed by atoms with Crippen LogP contribution in [-0.2, 0) is 27.4 Å². The molecule has 3 atom stereocenters. The Morgan fingerprint density at radius 1 is 0.696 bits per heavy atom. The lowest BCUT2D eigenvalue weighted by atomic mass is 9.99. The molecule has 0 bridgehead atoms. The van der Waals surface area contributed by atoms with E-state index in [1.165, 1.54) is 6.92 Å². The number of aliphatic hydroxyl groups excluding tert-OH is 1. The molecule has 0 radical (unpaired) electrons. The van der Waals surface area contributed by atoms with E-state index in [1.807, 2.05) is 121 Å². The van der Waals surface area contributed by atoms with Crippen molar-refractivity contribution < 1.29 is 28.9 Å². The van der Waals surface area contributed by atoms with Crippen LogP contribution in [0.5, 0.6) is 11.5 Å². The lowest BCUT2D eigenvalue weighted by Crippen LogP contribution is -2.31. The van der Waals surface area contributed by atoms with E-state index < -0.39 is 6.29 Å². The maximum absolute atomic E-state index is 12.7. The first-order chi connectivity index (χ1) is 27.4. The number of carbonyl (C=O) groups excluding carboxylic acids is 2. The Morgan fingerprint density at radius 2 is 1.38 bits per heavy atom. The number of amides is 3. The highest BCUT2D eigenvalue weighted by Gasteiger charge is 2.32. The summed E-state index contributed by atoms with van der Waals surface area (Å²) >= 11 is 1.70. The van der Waals surface area contributed by atoms with Gasteiger partial charge in [-0.3, -0.25) is 4.79 Å². The molecule has 0 spiro atoms. The number of carbonyl (C=O) groups is 2. The third-order valence-corrected chi connectivity index (χ3v) is 10.4. The third kappa shape index (κ3) is 10.6. The molecule has 6 aromatic rings. The zero-order chi connectivity index (χ0) is 38.7. The van der Waals surface area contributed by atoms with Crippen molar-refractivity contribution in [3.8, 4) is 22.6 Å². The number of hydrogen-bond acceptors (Lipinski definition) is 7. The van der Waals surface area contributed by atoms with E-state index in [-0.39, 0.29) is 30.8 Å². The Bertz CT molecular complexity index is 2200. The molecule has 0 aromatic heterocycles. The summed E-state index contributed by atoms with van der Waals surface area (Å²) < 4.78 is 19.0. The monoisotopic (exact) mass is 765 g/mol. The van der Waals surface area contributed by atoms with Crippen molar-refractivity contribution in [2.45, 2.75) is 49.9 Å². The minimum atomic E-state index is -0.574. The minimum absolute atomic E-state index is 0.0137. The first kappa shape index (κ1) is 38.4. The fourth-order valence-electron chi connectivity index (χ4n) is 6.33. The number of urea groups is 1. The van der Waals surface area contributed by atoms with E-state index in [0.717, 1.165) is 55.5 Å². The Balaban J connectivity index is 0.969. The molecule has 7 rings (SSSR count). The lowest BCUT2D eigenvalue weighted by molar-refractivity contribution is -0.245. The molecule has 0 aliphatic carbocycles. The van der Waals surface area contributed by atoms with Crippen LogP contribution in [0.4, 0.5) is 16.2 Å². The zero-order valence-corrected chi connectivity index (χ0v) is 31.7. The summed E-state index contributed by atoms with van der Waals surface area (Å²) in [6.07, 6.45) is -0.179. The van der Waals surface area contributed by atoms with Gasteiger partial charge in [-0.05, 0) is 94.5 Å². The van der Waals surface area contributed by atoms with Gasteiger partial charge in [0.25, 0.3) is 0 Å². The highest BCUT2D eigenvalue weighted by molar-refractivity contribution is 7.99. The van der Waals surface area contributed by atoms with Crippen LogP contribution >= 0.6 is 11.8 Å². The van der Waals surface area contributed by atoms with Crippen molar-refractivity contribution in [2.24, 2.45) is 0 Å². The molecule has 1 saturated heterocycles. The summed E-state index contributed by atoms with van der Waals surface area (Å²) in [6, 6.07) is 48.4. The van der Waals surface area contributed by atoms with Gasteiger partial charge in [-0.25, -0.2) is 4.79 Å². The van der Waals surface area contributed by atoms with E-state index in [9.17, 15) is 14.7 Å². The summed E-state index contributed by atoms with van der Waals surface area (Å²) in [5.41, 5.74) is 7.24. The van der Waals surface area contributed by atoms with Crippen molar-refractivity contribution in [3.63, 3.8) is 0 Å². The molecule has 4 N–H and O–H groups in total. The predicted octanol–water partition coefficient (Wildman–Crippen LogP) is 10.3. The van der Waals surface area contributed by atoms with Gasteiger partial charge in [0, 0.05) is 47.5 Å². The molecule has 1 aliphatic heterocycles. The highest BCUT2D eigenvalue weighted by atomic mass is 32.2. The van der Waals surface area contributed by atoms with Crippen LogP contribution < -0.4 is 20.7 Å². The largest absolute Gasteiger partial charge is 0.457 e. The fourth-order valence-corrected chi connectivity index (χ4v) is 7.25. The molecule has 1 heterocycles. The van der Waals surface area contributed by atoms with Gasteiger partial charge in [-0.2, -0.15) is 0 Å². The molecule has 9 nitrogen and oxygen atoms in total. The van der Waals surface area contributed by atoms with Crippen LogP contribution in [0.3, 0.4) is 0 Å². The molecule has 3 amide bonds. The Morgan fingerprint density at radius 3 is 2.09 bits per heavy atom. The van der Waals surface area contributed by atoms with Crippen LogP contribution in [0, 0.1) is 0 Å². The quantitative estimate of drug-likeness (QED) is 0.0865. The SMILES string of the molecule is CC(=O)Nc1ccc(SC[C@H]2C[C@@H](c3ccc(CO)cc3)O[C@@H](c3ccc(-c4cccc(CNC(=O)Nc5ccc(Oc6ccccc6)cc5)c4)cc3)O2)cc1. The molecule has 6 aromatic carbocycles. The van der Waals surface area contributed by atoms with Crippen LogP contribution in [0.15, 0.2) is 157 Å². The van der Waals surface area contributed by atoms with Crippen LogP contribution in [0.1, 0.15) is 48.0 Å². The van der Waals surface area contributed by atoms with Gasteiger partial charge in [0.1, 0.15) is 11.5 Å². The van der Waals surface area contributed by atoms with Gasteiger partial charge in [0.15, 0.2) is 6.29 Å². The van der Waals surface area contributed by atoms with Gasteiger partial charge < -0.3 is 35.3 Å². The van der Waals surface area contributed by atoms with E-state index in [4.69, 9.17) is 14.2 Å². The summed E-state index contributed by atoms with van der Waals surface area (Å²) in [6.45, 7) is 1.84. The molecule has 1 fully saturated rings. The van der Waals surface area contributed by atoms with Crippen molar-refractivity contribution in [2.75, 3.05) is 16.4 Å². The number of para-hydroxylation sites is 1. The third-order valence-electron chi connectivity index (χ3n) is 9.21. The van der Waals surface area contributed by atoms with Gasteiger partial charge in [-0.15, -0.1) is 11.8 Å². The van der Waals surface area contributed by atoms with E-state index in [2.05, 4.69) is 34.1 Å². The molecular formula is C46H43N3O6S. The fraction of sp³-hybridized carbons (Fsp3) is 0.174. The number of anilines is 2. The van der Waals surface area contributed by atoms with Crippen LogP contribution in [-0.4, -0.2) is 28.9 Å². The standard InChI is InChI=1S/C46H43N3O6S/c1-31(51)48-38-20-24-43(25-21-38)56-30-42-27-44(35-12-10-32(29-50)11-13-35)55-45(54-42)36-16-14-34(15-17-36)37-7-5-6-33(26-37)28-47-46(52)49-39-18-22-41(23-19-39)53-40-8-3-2-4-9-40/h2-26,42,44-45,50H,27-30H2,1H3,(H,48,51)(H2,47,49,52)/t42-,44+,45+/m1/s1.